The number of hydrogen-bond acceptors (Lipinski definition) is 4. The Morgan fingerprint density at radius 1 is 1.71 bits per heavy atom. The molecule has 1 N–H and O–H groups in total. The second-order valence-corrected chi connectivity index (χ2v) is 4.24. The Morgan fingerprint density at radius 2 is 2.50 bits per heavy atom. The molecule has 1 aliphatic rings. The Kier molecular flexibility index (Phi) is 4.79. The zero-order chi connectivity index (χ0) is 10.4. The first kappa shape index (κ1) is 11.4. The number of ether oxygens (including phenoxy) is 1. The molecular weight excluding hydrogens is 202 g/mol. The summed E-state index contributed by atoms with van der Waals surface area (Å²) in [6.07, 6.45) is 2.10. The highest BCUT2D eigenvalue weighted by atomic mass is 32.2. The zero-order valence-electron chi connectivity index (χ0n) is 8.25. The third-order valence-corrected chi connectivity index (χ3v) is 2.97. The molecule has 0 aliphatic carbocycles. The summed E-state index contributed by atoms with van der Waals surface area (Å²) in [6.45, 7) is 2.45. The van der Waals surface area contributed by atoms with Crippen LogP contribution in [0.25, 0.3) is 0 Å². The number of unbranched alkanes of at least 4 members (excludes halogenated alkanes) is 1. The van der Waals surface area contributed by atoms with Crippen molar-refractivity contribution in [2.45, 2.75) is 32.2 Å². The number of carbonyl (C=O) groups excluding carboxylic acids is 2. The van der Waals surface area contributed by atoms with Crippen molar-refractivity contribution in [2.24, 2.45) is 0 Å². The summed E-state index contributed by atoms with van der Waals surface area (Å²) in [5.74, 6) is 0.790. The molecule has 80 valence electrons. The molecule has 0 aromatic carbocycles. The maximum absolute atomic E-state index is 11.1. The van der Waals surface area contributed by atoms with Gasteiger partial charge in [-0.15, -0.1) is 0 Å². The Hall–Kier alpha value is -0.710. The minimum absolute atomic E-state index is 0.0393. The second-order valence-electron chi connectivity index (χ2n) is 3.14. The average molecular weight is 217 g/mol. The molecule has 0 aromatic rings. The van der Waals surface area contributed by atoms with Crippen molar-refractivity contribution in [1.82, 2.24) is 5.32 Å². The lowest BCUT2D eigenvalue weighted by molar-refractivity contribution is -0.112. The van der Waals surface area contributed by atoms with Crippen LogP contribution in [-0.4, -0.2) is 29.6 Å². The summed E-state index contributed by atoms with van der Waals surface area (Å²) in [7, 11) is 0. The number of amides is 1. The normalized spacial score (nSPS) is 20.9. The summed E-state index contributed by atoms with van der Waals surface area (Å²) >= 11 is 1.27. The van der Waals surface area contributed by atoms with E-state index in [1.807, 2.05) is 6.92 Å². The Labute approximate surface area is 87.8 Å². The van der Waals surface area contributed by atoms with E-state index in [1.54, 1.807) is 0 Å². The van der Waals surface area contributed by atoms with Crippen molar-refractivity contribution >= 4 is 23.0 Å². The van der Waals surface area contributed by atoms with Gasteiger partial charge in [0.15, 0.2) is 0 Å². The van der Waals surface area contributed by atoms with E-state index in [4.69, 9.17) is 4.74 Å². The molecule has 14 heavy (non-hydrogen) atoms. The van der Waals surface area contributed by atoms with Crippen LogP contribution in [0.15, 0.2) is 0 Å². The molecular formula is C9H15NO3S. The summed E-state index contributed by atoms with van der Waals surface area (Å²) < 4.78 is 4.88. The number of thioether (sulfide) groups is 1. The molecule has 4 nitrogen and oxygen atoms in total. The van der Waals surface area contributed by atoms with E-state index in [9.17, 15) is 9.59 Å². The largest absolute Gasteiger partial charge is 0.450 e. The third-order valence-electron chi connectivity index (χ3n) is 1.96. The molecule has 5 heteroatoms. The smallest absolute Gasteiger partial charge is 0.407 e. The van der Waals surface area contributed by atoms with Gasteiger partial charge >= 0.3 is 6.09 Å². The van der Waals surface area contributed by atoms with E-state index in [1.165, 1.54) is 11.8 Å². The van der Waals surface area contributed by atoms with Crippen LogP contribution in [0.5, 0.6) is 0 Å². The van der Waals surface area contributed by atoms with E-state index >= 15 is 0 Å². The summed E-state index contributed by atoms with van der Waals surface area (Å²) in [6, 6.07) is -0.339. The Balaban J connectivity index is 2.16. The van der Waals surface area contributed by atoms with Crippen molar-refractivity contribution in [3.8, 4) is 0 Å². The molecule has 0 spiro atoms. The van der Waals surface area contributed by atoms with Gasteiger partial charge in [-0.05, 0) is 12.8 Å². The number of rotatable bonds is 4. The number of nitrogens with one attached hydrogen (secondary N) is 1. The standard InChI is InChI=1S/C9H15NO3S/c1-2-3-5-13-9(12)10-7-4-6-14-8(7)11/h7H,2-6H2,1H3,(H,10,12)/t7-/m0/s1. The molecule has 1 amide bonds. The van der Waals surface area contributed by atoms with E-state index in [0.717, 1.165) is 18.6 Å². The van der Waals surface area contributed by atoms with Gasteiger partial charge in [-0.2, -0.15) is 0 Å². The van der Waals surface area contributed by atoms with Gasteiger partial charge in [0.1, 0.15) is 6.04 Å². The van der Waals surface area contributed by atoms with Gasteiger partial charge in [-0.1, -0.05) is 25.1 Å². The third kappa shape index (κ3) is 3.57. The zero-order valence-corrected chi connectivity index (χ0v) is 9.06. The van der Waals surface area contributed by atoms with Gasteiger partial charge in [0.25, 0.3) is 0 Å². The van der Waals surface area contributed by atoms with Crippen LogP contribution in [0.1, 0.15) is 26.2 Å². The molecule has 1 fully saturated rings. The Morgan fingerprint density at radius 3 is 3.07 bits per heavy atom. The summed E-state index contributed by atoms with van der Waals surface area (Å²) in [5, 5.41) is 2.60. The van der Waals surface area contributed by atoms with Crippen LogP contribution in [-0.2, 0) is 9.53 Å². The molecule has 0 saturated carbocycles. The van der Waals surface area contributed by atoms with Crippen molar-refractivity contribution in [3.63, 3.8) is 0 Å². The lowest BCUT2D eigenvalue weighted by Crippen LogP contribution is -2.37. The second kappa shape index (κ2) is 5.90. The highest BCUT2D eigenvalue weighted by molar-refractivity contribution is 8.14. The van der Waals surface area contributed by atoms with Gasteiger partial charge in [0, 0.05) is 5.75 Å². The maximum Gasteiger partial charge on any atom is 0.407 e. The highest BCUT2D eigenvalue weighted by Gasteiger charge is 2.26. The molecule has 1 atom stereocenters. The minimum Gasteiger partial charge on any atom is -0.450 e. The molecule has 0 bridgehead atoms. The van der Waals surface area contributed by atoms with Gasteiger partial charge in [0.2, 0.25) is 5.12 Å². The topological polar surface area (TPSA) is 55.4 Å². The molecule has 0 aromatic heterocycles. The minimum atomic E-state index is -0.473. The van der Waals surface area contributed by atoms with Crippen LogP contribution in [0, 0.1) is 0 Å². The first-order valence-corrected chi connectivity index (χ1v) is 5.82. The molecule has 0 unspecified atom stereocenters. The van der Waals surface area contributed by atoms with Crippen LogP contribution in [0.4, 0.5) is 4.79 Å². The molecule has 1 aliphatic heterocycles. The molecule has 1 rings (SSSR count). The summed E-state index contributed by atoms with van der Waals surface area (Å²) in [4.78, 5) is 22.3. The van der Waals surface area contributed by atoms with Crippen LogP contribution in [0.3, 0.4) is 0 Å². The van der Waals surface area contributed by atoms with Gasteiger partial charge in [0.05, 0.1) is 6.61 Å². The fraction of sp³-hybridized carbons (Fsp3) is 0.778. The van der Waals surface area contributed by atoms with Crippen LogP contribution >= 0.6 is 11.8 Å². The van der Waals surface area contributed by atoms with Gasteiger partial charge in [-0.25, -0.2) is 4.79 Å². The average Bonchev–Trinajstić information content (AvgIpc) is 2.52. The van der Waals surface area contributed by atoms with Crippen molar-refractivity contribution in [2.75, 3.05) is 12.4 Å². The number of carbonyl (C=O) groups is 2. The predicted molar refractivity (Wildman–Crippen MR) is 55.3 cm³/mol. The summed E-state index contributed by atoms with van der Waals surface area (Å²) in [5.41, 5.74) is 0. The fourth-order valence-corrected chi connectivity index (χ4v) is 2.05. The van der Waals surface area contributed by atoms with E-state index < -0.39 is 6.09 Å². The van der Waals surface area contributed by atoms with Crippen LogP contribution < -0.4 is 5.32 Å². The number of alkyl carbamates (subject to hydrolysis) is 1. The fourth-order valence-electron chi connectivity index (χ4n) is 1.12. The maximum atomic E-state index is 11.1. The lowest BCUT2D eigenvalue weighted by Gasteiger charge is -2.10. The van der Waals surface area contributed by atoms with Gasteiger partial charge < -0.3 is 10.1 Å². The first-order chi connectivity index (χ1) is 6.74. The first-order valence-electron chi connectivity index (χ1n) is 4.84. The van der Waals surface area contributed by atoms with Crippen molar-refractivity contribution in [3.05, 3.63) is 0 Å². The van der Waals surface area contributed by atoms with E-state index in [0.29, 0.717) is 13.0 Å². The van der Waals surface area contributed by atoms with Crippen molar-refractivity contribution < 1.29 is 14.3 Å². The monoisotopic (exact) mass is 217 g/mol. The number of hydrogen-bond donors (Lipinski definition) is 1. The lowest BCUT2D eigenvalue weighted by atomic mass is 10.3. The highest BCUT2D eigenvalue weighted by Crippen LogP contribution is 2.19. The molecule has 1 heterocycles. The van der Waals surface area contributed by atoms with E-state index in [2.05, 4.69) is 5.32 Å². The quantitative estimate of drug-likeness (QED) is 0.726. The van der Waals surface area contributed by atoms with Gasteiger partial charge in [-0.3, -0.25) is 4.79 Å². The van der Waals surface area contributed by atoms with E-state index in [-0.39, 0.29) is 11.2 Å². The Bertz CT molecular complexity index is 220. The van der Waals surface area contributed by atoms with Crippen LogP contribution in [0.2, 0.25) is 0 Å². The SMILES string of the molecule is CCCCOC(=O)N[C@H]1CCSC1=O. The molecule has 1 saturated heterocycles. The van der Waals surface area contributed by atoms with Crippen molar-refractivity contribution in [1.29, 1.82) is 0 Å². The predicted octanol–water partition coefficient (Wildman–Crippen LogP) is 1.54. The molecule has 0 radical (unpaired) electrons.